The van der Waals surface area contributed by atoms with Gasteiger partial charge in [0.05, 0.1) is 14.2 Å². The minimum absolute atomic E-state index is 0.124. The van der Waals surface area contributed by atoms with Gasteiger partial charge >= 0.3 is 0 Å². The fraction of sp³-hybridized carbons (Fsp3) is 0.273. The average Bonchev–Trinajstić information content (AvgIpc) is 3.33. The van der Waals surface area contributed by atoms with Crippen LogP contribution in [0.4, 0.5) is 11.4 Å². The van der Waals surface area contributed by atoms with Crippen LogP contribution in [0.3, 0.4) is 0 Å². The van der Waals surface area contributed by atoms with Gasteiger partial charge in [-0.2, -0.15) is 5.10 Å². The molecule has 0 bridgehead atoms. The maximum Gasteiger partial charge on any atom is 0.249 e. The third kappa shape index (κ3) is 5.81. The van der Waals surface area contributed by atoms with Gasteiger partial charge in [0, 0.05) is 17.8 Å². The topological polar surface area (TPSA) is 107 Å². The lowest BCUT2D eigenvalue weighted by Crippen LogP contribution is -2.24. The van der Waals surface area contributed by atoms with Crippen molar-refractivity contribution in [2.75, 3.05) is 24.9 Å². The zero-order chi connectivity index (χ0) is 22.2. The molecule has 0 saturated heterocycles. The van der Waals surface area contributed by atoms with Gasteiger partial charge in [-0.05, 0) is 61.4 Å². The Labute approximate surface area is 180 Å². The number of hydrogen-bond acceptors (Lipinski definition) is 6. The molecule has 0 spiro atoms. The fourth-order valence-electron chi connectivity index (χ4n) is 2.97. The van der Waals surface area contributed by atoms with E-state index in [1.807, 2.05) is 18.2 Å². The largest absolute Gasteiger partial charge is 0.497 e. The molecule has 1 atom stereocenters. The van der Waals surface area contributed by atoms with Gasteiger partial charge in [-0.25, -0.2) is 9.67 Å². The summed E-state index contributed by atoms with van der Waals surface area (Å²) in [5.74, 6) is 1.09. The molecule has 0 radical (unpaired) electrons. The number of aryl methyl sites for hydroxylation is 1. The SMILES string of the molecule is COc1ccc(OC)c(CCC(=O)Nc2ccc(NC(=O)C(C)n3cncn3)cc2)c1. The molecule has 31 heavy (non-hydrogen) atoms. The Morgan fingerprint density at radius 2 is 1.74 bits per heavy atom. The van der Waals surface area contributed by atoms with Crippen molar-refractivity contribution in [3.8, 4) is 11.5 Å². The molecule has 0 aliphatic heterocycles. The Kier molecular flexibility index (Phi) is 7.21. The molecule has 3 aromatic rings. The molecule has 1 unspecified atom stereocenters. The molecule has 2 N–H and O–H groups in total. The minimum Gasteiger partial charge on any atom is -0.497 e. The van der Waals surface area contributed by atoms with Crippen molar-refractivity contribution in [1.29, 1.82) is 0 Å². The summed E-state index contributed by atoms with van der Waals surface area (Å²) in [4.78, 5) is 28.5. The van der Waals surface area contributed by atoms with E-state index in [1.165, 1.54) is 17.3 Å². The van der Waals surface area contributed by atoms with Crippen LogP contribution in [-0.4, -0.2) is 40.8 Å². The van der Waals surface area contributed by atoms with Crippen molar-refractivity contribution in [3.05, 3.63) is 60.7 Å². The summed E-state index contributed by atoms with van der Waals surface area (Å²) in [6.07, 6.45) is 3.67. The number of amides is 2. The highest BCUT2D eigenvalue weighted by Gasteiger charge is 2.15. The first kappa shape index (κ1) is 21.8. The number of nitrogens with zero attached hydrogens (tertiary/aromatic N) is 3. The van der Waals surface area contributed by atoms with Crippen LogP contribution in [0.1, 0.15) is 24.9 Å². The maximum absolute atomic E-state index is 12.4. The van der Waals surface area contributed by atoms with Gasteiger partial charge in [-0.1, -0.05) is 0 Å². The van der Waals surface area contributed by atoms with Crippen LogP contribution in [-0.2, 0) is 16.0 Å². The molecule has 0 fully saturated rings. The molecular weight excluding hydrogens is 398 g/mol. The number of ether oxygens (including phenoxy) is 2. The number of methoxy groups -OCH3 is 2. The highest BCUT2D eigenvalue weighted by atomic mass is 16.5. The van der Waals surface area contributed by atoms with Gasteiger partial charge in [-0.3, -0.25) is 9.59 Å². The van der Waals surface area contributed by atoms with E-state index in [0.717, 1.165) is 5.56 Å². The van der Waals surface area contributed by atoms with Gasteiger partial charge < -0.3 is 20.1 Å². The highest BCUT2D eigenvalue weighted by molar-refractivity contribution is 5.94. The number of hydrogen-bond donors (Lipinski definition) is 2. The van der Waals surface area contributed by atoms with Crippen molar-refractivity contribution >= 4 is 23.2 Å². The van der Waals surface area contributed by atoms with Crippen LogP contribution in [0, 0.1) is 0 Å². The molecule has 0 aliphatic carbocycles. The lowest BCUT2D eigenvalue weighted by atomic mass is 10.1. The van der Waals surface area contributed by atoms with E-state index in [9.17, 15) is 9.59 Å². The molecule has 9 heteroatoms. The Morgan fingerprint density at radius 3 is 2.35 bits per heavy atom. The zero-order valence-corrected chi connectivity index (χ0v) is 17.7. The number of rotatable bonds is 9. The summed E-state index contributed by atoms with van der Waals surface area (Å²) in [6, 6.07) is 11.9. The molecule has 3 rings (SSSR count). The number of carbonyl (C=O) groups is 2. The molecule has 9 nitrogen and oxygen atoms in total. The van der Waals surface area contributed by atoms with E-state index >= 15 is 0 Å². The number of anilines is 2. The number of carbonyl (C=O) groups excluding carboxylic acids is 2. The summed E-state index contributed by atoms with van der Waals surface area (Å²) in [5.41, 5.74) is 2.16. The Balaban J connectivity index is 1.53. The van der Waals surface area contributed by atoms with Crippen LogP contribution in [0.5, 0.6) is 11.5 Å². The molecular formula is C22H25N5O4. The normalized spacial score (nSPS) is 11.5. The van der Waals surface area contributed by atoms with Gasteiger partial charge in [0.2, 0.25) is 11.8 Å². The first-order valence-electron chi connectivity index (χ1n) is 9.76. The van der Waals surface area contributed by atoms with Crippen LogP contribution >= 0.6 is 0 Å². The van der Waals surface area contributed by atoms with Crippen LogP contribution in [0.2, 0.25) is 0 Å². The monoisotopic (exact) mass is 423 g/mol. The van der Waals surface area contributed by atoms with Gasteiger partial charge in [0.15, 0.2) is 0 Å². The predicted molar refractivity (Wildman–Crippen MR) is 116 cm³/mol. The first-order valence-corrected chi connectivity index (χ1v) is 9.76. The first-order chi connectivity index (χ1) is 15.0. The van der Waals surface area contributed by atoms with Gasteiger partial charge in [0.1, 0.15) is 30.2 Å². The second kappa shape index (κ2) is 10.2. The number of benzene rings is 2. The molecule has 0 saturated carbocycles. The summed E-state index contributed by atoms with van der Waals surface area (Å²) >= 11 is 0. The molecule has 0 aliphatic rings. The van der Waals surface area contributed by atoms with Crippen LogP contribution in [0.25, 0.3) is 0 Å². The Hall–Kier alpha value is -3.88. The second-order valence-corrected chi connectivity index (χ2v) is 6.84. The van der Waals surface area contributed by atoms with Crippen LogP contribution in [0.15, 0.2) is 55.1 Å². The van der Waals surface area contributed by atoms with Crippen molar-refractivity contribution in [2.24, 2.45) is 0 Å². The lowest BCUT2D eigenvalue weighted by molar-refractivity contribution is -0.119. The molecule has 162 valence electrons. The lowest BCUT2D eigenvalue weighted by Gasteiger charge is -2.13. The molecule has 2 aromatic carbocycles. The Morgan fingerprint density at radius 1 is 1.03 bits per heavy atom. The van der Waals surface area contributed by atoms with E-state index in [-0.39, 0.29) is 18.2 Å². The Bertz CT molecular complexity index is 1020. The predicted octanol–water partition coefficient (Wildman–Crippen LogP) is 3.07. The highest BCUT2D eigenvalue weighted by Crippen LogP contribution is 2.25. The molecule has 2 amide bonds. The van der Waals surface area contributed by atoms with E-state index in [4.69, 9.17) is 9.47 Å². The van der Waals surface area contributed by atoms with Crippen LogP contribution < -0.4 is 20.1 Å². The second-order valence-electron chi connectivity index (χ2n) is 6.84. The summed E-state index contributed by atoms with van der Waals surface area (Å²) < 4.78 is 12.1. The third-order valence-electron chi connectivity index (χ3n) is 4.76. The van der Waals surface area contributed by atoms with E-state index < -0.39 is 6.04 Å². The zero-order valence-electron chi connectivity index (χ0n) is 17.7. The van der Waals surface area contributed by atoms with Crippen molar-refractivity contribution in [2.45, 2.75) is 25.8 Å². The maximum atomic E-state index is 12.4. The van der Waals surface area contributed by atoms with E-state index in [0.29, 0.717) is 29.3 Å². The van der Waals surface area contributed by atoms with E-state index in [2.05, 4.69) is 20.7 Å². The number of nitrogens with one attached hydrogen (secondary N) is 2. The standard InChI is InChI=1S/C22H25N5O4/c1-15(27-14-23-13-24-27)22(29)26-18-7-5-17(6-8-18)25-21(28)11-4-16-12-19(30-2)9-10-20(16)31-3/h5-10,12-15H,4,11H2,1-3H3,(H,25,28)(H,26,29). The molecule has 1 heterocycles. The van der Waals surface area contributed by atoms with Gasteiger partial charge in [-0.15, -0.1) is 0 Å². The average molecular weight is 423 g/mol. The minimum atomic E-state index is -0.490. The van der Waals surface area contributed by atoms with Crippen molar-refractivity contribution in [1.82, 2.24) is 14.8 Å². The third-order valence-corrected chi connectivity index (χ3v) is 4.76. The van der Waals surface area contributed by atoms with Crippen molar-refractivity contribution in [3.63, 3.8) is 0 Å². The summed E-state index contributed by atoms with van der Waals surface area (Å²) in [6.45, 7) is 1.73. The fourth-order valence-corrected chi connectivity index (χ4v) is 2.97. The summed E-state index contributed by atoms with van der Waals surface area (Å²) in [7, 11) is 3.19. The number of aromatic nitrogens is 3. The van der Waals surface area contributed by atoms with Gasteiger partial charge in [0.25, 0.3) is 0 Å². The summed E-state index contributed by atoms with van der Waals surface area (Å²) in [5, 5.41) is 9.64. The quantitative estimate of drug-likeness (QED) is 0.548. The molecule has 1 aromatic heterocycles. The van der Waals surface area contributed by atoms with E-state index in [1.54, 1.807) is 45.4 Å². The van der Waals surface area contributed by atoms with Crippen molar-refractivity contribution < 1.29 is 19.1 Å². The smallest absolute Gasteiger partial charge is 0.249 e.